The van der Waals surface area contributed by atoms with Crippen molar-refractivity contribution in [2.45, 2.75) is 0 Å². The van der Waals surface area contributed by atoms with Crippen LogP contribution in [0.3, 0.4) is 0 Å². The van der Waals surface area contributed by atoms with Gasteiger partial charge >= 0.3 is 0 Å². The van der Waals surface area contributed by atoms with Gasteiger partial charge in [-0.15, -0.1) is 11.3 Å². The minimum atomic E-state index is 0.878. The van der Waals surface area contributed by atoms with E-state index < -0.39 is 0 Å². The molecule has 0 fully saturated rings. The second-order valence-electron chi connectivity index (χ2n) is 12.1. The third-order valence-corrected chi connectivity index (χ3v) is 10.6. The van der Waals surface area contributed by atoms with Crippen LogP contribution in [-0.2, 0) is 0 Å². The molecule has 0 amide bonds. The molecular weight excluding hydrogens is 591 g/mol. The number of anilines is 3. The van der Waals surface area contributed by atoms with E-state index in [4.69, 9.17) is 4.42 Å². The molecule has 0 radical (unpaired) electrons. The predicted molar refractivity (Wildman–Crippen MR) is 202 cm³/mol. The van der Waals surface area contributed by atoms with E-state index >= 15 is 0 Å². The zero-order valence-electron chi connectivity index (χ0n) is 25.4. The summed E-state index contributed by atoms with van der Waals surface area (Å²) >= 11 is 1.86. The van der Waals surface area contributed by atoms with Crippen LogP contribution < -0.4 is 4.90 Å². The van der Waals surface area contributed by atoms with Crippen LogP contribution in [-0.4, -0.2) is 0 Å². The minimum absolute atomic E-state index is 0.878. The molecule has 2 nitrogen and oxygen atoms in total. The average molecular weight is 618 g/mol. The van der Waals surface area contributed by atoms with Gasteiger partial charge in [0.25, 0.3) is 0 Å². The molecule has 220 valence electrons. The molecule has 0 bridgehead atoms. The third-order valence-electron chi connectivity index (χ3n) is 9.44. The second-order valence-corrected chi connectivity index (χ2v) is 13.2. The maximum absolute atomic E-state index is 6.68. The fourth-order valence-electron chi connectivity index (χ4n) is 7.34. The Balaban J connectivity index is 1.31. The van der Waals surface area contributed by atoms with Crippen LogP contribution in [0.4, 0.5) is 17.1 Å². The van der Waals surface area contributed by atoms with Gasteiger partial charge in [0, 0.05) is 42.2 Å². The van der Waals surface area contributed by atoms with Crippen LogP contribution in [0.15, 0.2) is 168 Å². The first-order valence-electron chi connectivity index (χ1n) is 15.9. The number of hydrogen-bond acceptors (Lipinski definition) is 3. The molecule has 0 N–H and O–H groups in total. The van der Waals surface area contributed by atoms with Crippen molar-refractivity contribution >= 4 is 92.1 Å². The molecule has 0 saturated carbocycles. The highest BCUT2D eigenvalue weighted by atomic mass is 32.1. The second kappa shape index (κ2) is 10.3. The maximum Gasteiger partial charge on any atom is 0.143 e. The molecule has 2 heterocycles. The van der Waals surface area contributed by atoms with Gasteiger partial charge in [0.1, 0.15) is 11.2 Å². The van der Waals surface area contributed by atoms with Crippen molar-refractivity contribution in [3.05, 3.63) is 164 Å². The molecule has 0 atom stereocenters. The van der Waals surface area contributed by atoms with Gasteiger partial charge in [0.2, 0.25) is 0 Å². The predicted octanol–water partition coefficient (Wildman–Crippen LogP) is 13.4. The van der Waals surface area contributed by atoms with Crippen LogP contribution in [0.2, 0.25) is 0 Å². The van der Waals surface area contributed by atoms with Gasteiger partial charge in [-0.2, -0.15) is 0 Å². The molecule has 10 aromatic rings. The van der Waals surface area contributed by atoms with Crippen LogP contribution in [0.5, 0.6) is 0 Å². The average Bonchev–Trinajstić information content (AvgIpc) is 3.71. The molecule has 0 unspecified atom stereocenters. The van der Waals surface area contributed by atoms with Crippen molar-refractivity contribution in [3.63, 3.8) is 0 Å². The molecule has 0 spiro atoms. The molecule has 0 aliphatic rings. The van der Waals surface area contributed by atoms with Gasteiger partial charge in [-0.3, -0.25) is 0 Å². The molecule has 8 aromatic carbocycles. The van der Waals surface area contributed by atoms with Gasteiger partial charge < -0.3 is 9.32 Å². The van der Waals surface area contributed by atoms with E-state index in [9.17, 15) is 0 Å². The Hall–Kier alpha value is -5.90. The van der Waals surface area contributed by atoms with Crippen molar-refractivity contribution < 1.29 is 4.42 Å². The van der Waals surface area contributed by atoms with Gasteiger partial charge in [0.05, 0.1) is 16.8 Å². The van der Waals surface area contributed by atoms with Crippen LogP contribution in [0.1, 0.15) is 0 Å². The number of nitrogens with zero attached hydrogens (tertiary/aromatic N) is 1. The van der Waals surface area contributed by atoms with E-state index in [1.54, 1.807) is 0 Å². The summed E-state index contributed by atoms with van der Waals surface area (Å²) in [5, 5.41) is 9.54. The highest BCUT2D eigenvalue weighted by Crippen LogP contribution is 2.49. The Morgan fingerprint density at radius 2 is 1.11 bits per heavy atom. The number of rotatable bonds is 4. The summed E-state index contributed by atoms with van der Waals surface area (Å²) in [4.78, 5) is 2.43. The molecule has 0 aliphatic carbocycles. The molecule has 0 saturated heterocycles. The monoisotopic (exact) mass is 617 g/mol. The van der Waals surface area contributed by atoms with Crippen molar-refractivity contribution in [3.8, 4) is 11.1 Å². The number of furan rings is 1. The van der Waals surface area contributed by atoms with Crippen LogP contribution >= 0.6 is 11.3 Å². The Kier molecular flexibility index (Phi) is 5.78. The number of fused-ring (bicyclic) bond motifs is 9. The van der Waals surface area contributed by atoms with E-state index in [1.165, 1.54) is 47.5 Å². The van der Waals surface area contributed by atoms with E-state index in [1.807, 2.05) is 11.3 Å². The number of hydrogen-bond donors (Lipinski definition) is 0. The fraction of sp³-hybridized carbons (Fsp3) is 0. The van der Waals surface area contributed by atoms with Gasteiger partial charge in [-0.1, -0.05) is 115 Å². The van der Waals surface area contributed by atoms with E-state index in [0.29, 0.717) is 0 Å². The molecular formula is C44H27NOS. The summed E-state index contributed by atoms with van der Waals surface area (Å²) < 4.78 is 9.29. The lowest BCUT2D eigenvalue weighted by Gasteiger charge is -2.29. The normalized spacial score (nSPS) is 11.8. The largest absolute Gasteiger partial charge is 0.455 e. The minimum Gasteiger partial charge on any atom is -0.455 e. The molecule has 10 rings (SSSR count). The van der Waals surface area contributed by atoms with Crippen LogP contribution in [0.25, 0.3) is 74.8 Å². The third kappa shape index (κ3) is 4.04. The van der Waals surface area contributed by atoms with Gasteiger partial charge in [-0.05, 0) is 70.3 Å². The lowest BCUT2D eigenvalue weighted by molar-refractivity contribution is 0.672. The molecule has 3 heteroatoms. The number of para-hydroxylation sites is 1. The van der Waals surface area contributed by atoms with E-state index in [0.717, 1.165) is 44.4 Å². The Labute approximate surface area is 275 Å². The first-order valence-corrected chi connectivity index (χ1v) is 16.7. The summed E-state index contributed by atoms with van der Waals surface area (Å²) in [5.74, 6) is 0. The quantitative estimate of drug-likeness (QED) is 0.195. The molecule has 2 aromatic heterocycles. The van der Waals surface area contributed by atoms with Crippen molar-refractivity contribution in [2.75, 3.05) is 4.90 Å². The van der Waals surface area contributed by atoms with Gasteiger partial charge in [0.15, 0.2) is 0 Å². The SMILES string of the molecule is c1ccc(N(c2ccc3ccccc3c2)c2cccc3oc4c5ccccc5ccc4c23)c(-c2cccc3sc4ccccc4c23)c1. The summed E-state index contributed by atoms with van der Waals surface area (Å²) in [6.45, 7) is 0. The van der Waals surface area contributed by atoms with E-state index in [-0.39, 0.29) is 0 Å². The summed E-state index contributed by atoms with van der Waals surface area (Å²) in [6, 6.07) is 59.0. The summed E-state index contributed by atoms with van der Waals surface area (Å²) in [6.07, 6.45) is 0. The Bertz CT molecular complexity index is 2820. The maximum atomic E-state index is 6.68. The molecule has 0 aliphatic heterocycles. The summed E-state index contributed by atoms with van der Waals surface area (Å²) in [5.41, 5.74) is 7.52. The highest BCUT2D eigenvalue weighted by molar-refractivity contribution is 7.25. The fourth-order valence-corrected chi connectivity index (χ4v) is 8.47. The van der Waals surface area contributed by atoms with Gasteiger partial charge in [-0.25, -0.2) is 0 Å². The van der Waals surface area contributed by atoms with Crippen molar-refractivity contribution in [2.24, 2.45) is 0 Å². The lowest BCUT2D eigenvalue weighted by atomic mass is 9.96. The Morgan fingerprint density at radius 1 is 0.426 bits per heavy atom. The standard InChI is InChI=1S/C44H27NOS/c1-2-13-30-27-31(25-23-28(30)11-1)45(38-19-10-20-39-43(38)36-26-24-29-12-3-4-14-32(29)44(36)46-39)37-18-7-5-15-33(37)34-17-9-22-41-42(34)35-16-6-8-21-40(35)47-41/h1-27H. The smallest absolute Gasteiger partial charge is 0.143 e. The first kappa shape index (κ1) is 26.3. The molecule has 47 heavy (non-hydrogen) atoms. The number of benzene rings is 8. The topological polar surface area (TPSA) is 16.4 Å². The van der Waals surface area contributed by atoms with Crippen LogP contribution in [0, 0.1) is 0 Å². The summed E-state index contributed by atoms with van der Waals surface area (Å²) in [7, 11) is 0. The first-order chi connectivity index (χ1) is 23.3. The van der Waals surface area contributed by atoms with E-state index in [2.05, 4.69) is 169 Å². The lowest BCUT2D eigenvalue weighted by Crippen LogP contribution is -2.11. The zero-order chi connectivity index (χ0) is 30.9. The van der Waals surface area contributed by atoms with Crippen molar-refractivity contribution in [1.82, 2.24) is 0 Å². The highest BCUT2D eigenvalue weighted by Gasteiger charge is 2.23. The number of thiophene rings is 1. The zero-order valence-corrected chi connectivity index (χ0v) is 26.2. The Morgan fingerprint density at radius 3 is 2.04 bits per heavy atom. The van der Waals surface area contributed by atoms with Crippen molar-refractivity contribution in [1.29, 1.82) is 0 Å².